The zero-order valence-corrected chi connectivity index (χ0v) is 13.0. The number of nitriles is 1. The average molecular weight is 278 g/mol. The molecule has 2 aliphatic rings. The van der Waals surface area contributed by atoms with Crippen molar-refractivity contribution in [2.24, 2.45) is 11.8 Å². The van der Waals surface area contributed by atoms with Gasteiger partial charge < -0.3 is 4.74 Å². The van der Waals surface area contributed by atoms with Gasteiger partial charge in [0, 0.05) is 13.2 Å². The van der Waals surface area contributed by atoms with E-state index in [2.05, 4.69) is 18.3 Å². The van der Waals surface area contributed by atoms with E-state index in [9.17, 15) is 5.26 Å². The summed E-state index contributed by atoms with van der Waals surface area (Å²) in [5, 5.41) is 13.1. The van der Waals surface area contributed by atoms with Crippen molar-refractivity contribution in [2.45, 2.75) is 70.3 Å². The number of hydrogen-bond acceptors (Lipinski definition) is 3. The molecular weight excluding hydrogens is 248 g/mol. The lowest BCUT2D eigenvalue weighted by Crippen LogP contribution is -2.47. The van der Waals surface area contributed by atoms with Crippen molar-refractivity contribution in [2.75, 3.05) is 19.8 Å². The van der Waals surface area contributed by atoms with Gasteiger partial charge in [-0.1, -0.05) is 32.6 Å². The van der Waals surface area contributed by atoms with Gasteiger partial charge >= 0.3 is 0 Å². The Balaban J connectivity index is 1.66. The normalized spacial score (nSPS) is 30.1. The van der Waals surface area contributed by atoms with Gasteiger partial charge in [-0.15, -0.1) is 0 Å². The quantitative estimate of drug-likeness (QED) is 0.655. The van der Waals surface area contributed by atoms with Crippen LogP contribution in [0.5, 0.6) is 0 Å². The molecule has 0 aliphatic heterocycles. The lowest BCUT2D eigenvalue weighted by atomic mass is 9.83. The van der Waals surface area contributed by atoms with Crippen molar-refractivity contribution in [1.82, 2.24) is 5.32 Å². The first-order valence-corrected chi connectivity index (χ1v) is 8.55. The molecule has 2 aliphatic carbocycles. The van der Waals surface area contributed by atoms with E-state index in [1.165, 1.54) is 38.5 Å². The number of nitrogens with one attached hydrogen (secondary N) is 1. The minimum Gasteiger partial charge on any atom is -0.381 e. The SMILES string of the molecule is CCCNC1(C#N)CCCC1CCOCCC1CCC1. The van der Waals surface area contributed by atoms with E-state index in [0.29, 0.717) is 5.92 Å². The Kier molecular flexibility index (Phi) is 6.32. The molecule has 0 amide bonds. The summed E-state index contributed by atoms with van der Waals surface area (Å²) in [5.41, 5.74) is -0.270. The second kappa shape index (κ2) is 8.00. The van der Waals surface area contributed by atoms with Crippen molar-refractivity contribution < 1.29 is 4.74 Å². The lowest BCUT2D eigenvalue weighted by Gasteiger charge is -2.30. The molecule has 0 aromatic rings. The third kappa shape index (κ3) is 3.96. The number of rotatable bonds is 9. The van der Waals surface area contributed by atoms with E-state index in [0.717, 1.165) is 44.9 Å². The third-order valence-electron chi connectivity index (χ3n) is 5.22. The van der Waals surface area contributed by atoms with Crippen LogP contribution in [0.15, 0.2) is 0 Å². The van der Waals surface area contributed by atoms with Crippen LogP contribution in [0.1, 0.15) is 64.7 Å². The summed E-state index contributed by atoms with van der Waals surface area (Å²) in [6, 6.07) is 2.57. The Hall–Kier alpha value is -0.590. The van der Waals surface area contributed by atoms with Gasteiger partial charge in [-0.25, -0.2) is 0 Å². The smallest absolute Gasteiger partial charge is 0.109 e. The van der Waals surface area contributed by atoms with Gasteiger partial charge in [0.1, 0.15) is 5.54 Å². The fourth-order valence-corrected chi connectivity index (χ4v) is 3.60. The molecule has 0 bridgehead atoms. The van der Waals surface area contributed by atoms with Gasteiger partial charge in [-0.05, 0) is 50.5 Å². The first kappa shape index (κ1) is 15.8. The maximum Gasteiger partial charge on any atom is 0.109 e. The summed E-state index contributed by atoms with van der Waals surface area (Å²) in [4.78, 5) is 0. The second-order valence-corrected chi connectivity index (χ2v) is 6.59. The first-order chi connectivity index (χ1) is 9.80. The monoisotopic (exact) mass is 278 g/mol. The zero-order chi connectivity index (χ0) is 14.3. The fourth-order valence-electron chi connectivity index (χ4n) is 3.60. The molecule has 1 N–H and O–H groups in total. The number of ether oxygens (including phenoxy) is 1. The summed E-state index contributed by atoms with van der Waals surface area (Å²) >= 11 is 0. The summed E-state index contributed by atoms with van der Waals surface area (Å²) < 4.78 is 5.81. The Morgan fingerprint density at radius 3 is 2.65 bits per heavy atom. The molecule has 0 radical (unpaired) electrons. The van der Waals surface area contributed by atoms with Crippen molar-refractivity contribution in [3.05, 3.63) is 0 Å². The van der Waals surface area contributed by atoms with Crippen LogP contribution in [-0.2, 0) is 4.74 Å². The topological polar surface area (TPSA) is 45.0 Å². The Morgan fingerprint density at radius 2 is 2.00 bits per heavy atom. The van der Waals surface area contributed by atoms with Crippen molar-refractivity contribution >= 4 is 0 Å². The Labute approximate surface area is 124 Å². The van der Waals surface area contributed by atoms with Crippen LogP contribution in [0, 0.1) is 23.2 Å². The van der Waals surface area contributed by atoms with Gasteiger partial charge in [-0.2, -0.15) is 5.26 Å². The third-order valence-corrected chi connectivity index (χ3v) is 5.22. The van der Waals surface area contributed by atoms with Crippen molar-refractivity contribution in [3.8, 4) is 6.07 Å². The molecule has 0 spiro atoms. The minimum absolute atomic E-state index is 0.270. The largest absolute Gasteiger partial charge is 0.381 e. The molecule has 3 nitrogen and oxygen atoms in total. The van der Waals surface area contributed by atoms with E-state index in [1.54, 1.807) is 0 Å². The van der Waals surface area contributed by atoms with Crippen LogP contribution < -0.4 is 5.32 Å². The van der Waals surface area contributed by atoms with Gasteiger partial charge in [0.25, 0.3) is 0 Å². The second-order valence-electron chi connectivity index (χ2n) is 6.59. The average Bonchev–Trinajstić information content (AvgIpc) is 2.82. The van der Waals surface area contributed by atoms with Crippen LogP contribution >= 0.6 is 0 Å². The molecule has 2 unspecified atom stereocenters. The highest BCUT2D eigenvalue weighted by atomic mass is 16.5. The highest BCUT2D eigenvalue weighted by Gasteiger charge is 2.42. The fraction of sp³-hybridized carbons (Fsp3) is 0.941. The summed E-state index contributed by atoms with van der Waals surface area (Å²) in [6.07, 6.45) is 11.0. The molecular formula is C17H30N2O. The molecule has 20 heavy (non-hydrogen) atoms. The number of hydrogen-bond donors (Lipinski definition) is 1. The van der Waals surface area contributed by atoms with Gasteiger partial charge in [0.15, 0.2) is 0 Å². The molecule has 2 atom stereocenters. The molecule has 0 saturated heterocycles. The molecule has 0 aromatic heterocycles. The zero-order valence-electron chi connectivity index (χ0n) is 13.0. The van der Waals surface area contributed by atoms with Crippen LogP contribution in [0.25, 0.3) is 0 Å². The maximum absolute atomic E-state index is 9.58. The molecule has 0 heterocycles. The van der Waals surface area contributed by atoms with Crippen LogP contribution in [-0.4, -0.2) is 25.3 Å². The Bertz CT molecular complexity index is 321. The van der Waals surface area contributed by atoms with Gasteiger partial charge in [0.2, 0.25) is 0 Å². The van der Waals surface area contributed by atoms with Crippen LogP contribution in [0.3, 0.4) is 0 Å². The molecule has 2 saturated carbocycles. The van der Waals surface area contributed by atoms with E-state index in [-0.39, 0.29) is 5.54 Å². The summed E-state index contributed by atoms with van der Waals surface area (Å²) in [5.74, 6) is 1.41. The van der Waals surface area contributed by atoms with Gasteiger partial charge in [0.05, 0.1) is 6.07 Å². The van der Waals surface area contributed by atoms with Crippen molar-refractivity contribution in [3.63, 3.8) is 0 Å². The van der Waals surface area contributed by atoms with Crippen molar-refractivity contribution in [1.29, 1.82) is 5.26 Å². The lowest BCUT2D eigenvalue weighted by molar-refractivity contribution is 0.0899. The minimum atomic E-state index is -0.270. The highest BCUT2D eigenvalue weighted by Crippen LogP contribution is 2.37. The molecule has 2 fully saturated rings. The van der Waals surface area contributed by atoms with Crippen LogP contribution in [0.2, 0.25) is 0 Å². The maximum atomic E-state index is 9.58. The predicted molar refractivity (Wildman–Crippen MR) is 81.4 cm³/mol. The summed E-state index contributed by atoms with van der Waals surface area (Å²) in [7, 11) is 0. The van der Waals surface area contributed by atoms with E-state index in [4.69, 9.17) is 4.74 Å². The van der Waals surface area contributed by atoms with E-state index < -0.39 is 0 Å². The van der Waals surface area contributed by atoms with E-state index in [1.807, 2.05) is 0 Å². The molecule has 114 valence electrons. The van der Waals surface area contributed by atoms with E-state index >= 15 is 0 Å². The standard InChI is InChI=1S/C17H30N2O/c1-2-11-19-17(14-18)10-4-7-16(17)9-13-20-12-8-15-5-3-6-15/h15-16,19H,2-13H2,1H3. The summed E-state index contributed by atoms with van der Waals surface area (Å²) in [6.45, 7) is 4.85. The molecule has 3 heteroatoms. The molecule has 2 rings (SSSR count). The molecule has 0 aromatic carbocycles. The van der Waals surface area contributed by atoms with Crippen LogP contribution in [0.4, 0.5) is 0 Å². The van der Waals surface area contributed by atoms with Gasteiger partial charge in [-0.3, -0.25) is 5.32 Å². The highest BCUT2D eigenvalue weighted by molar-refractivity contribution is 5.13. The first-order valence-electron chi connectivity index (χ1n) is 8.55. The predicted octanol–water partition coefficient (Wildman–Crippen LogP) is 3.65. The Morgan fingerprint density at radius 1 is 1.20 bits per heavy atom. The number of nitrogens with zero attached hydrogens (tertiary/aromatic N) is 1.